The molecule has 2 aromatic carbocycles. The highest BCUT2D eigenvalue weighted by atomic mass is 35.5. The van der Waals surface area contributed by atoms with Crippen LogP contribution in [-0.4, -0.2) is 0 Å². The van der Waals surface area contributed by atoms with Crippen LogP contribution < -0.4 is 5.32 Å². The largest absolute Gasteiger partial charge is 0.381 e. The molecule has 5 heteroatoms. The van der Waals surface area contributed by atoms with Crippen LogP contribution in [0.2, 0.25) is 5.02 Å². The van der Waals surface area contributed by atoms with Crippen LogP contribution in [0.3, 0.4) is 0 Å². The predicted molar refractivity (Wildman–Crippen MR) is 69.8 cm³/mol. The summed E-state index contributed by atoms with van der Waals surface area (Å²) < 4.78 is 38.8. The van der Waals surface area contributed by atoms with Crippen LogP contribution in [-0.2, 0) is 6.54 Å². The highest BCUT2D eigenvalue weighted by Crippen LogP contribution is 2.20. The second kappa shape index (κ2) is 5.53. The molecule has 0 bridgehead atoms. The first-order valence-electron chi connectivity index (χ1n) is 5.61. The molecule has 0 aliphatic heterocycles. The van der Waals surface area contributed by atoms with Crippen LogP contribution in [0, 0.1) is 24.4 Å². The second-order valence-electron chi connectivity index (χ2n) is 4.19. The van der Waals surface area contributed by atoms with Gasteiger partial charge >= 0.3 is 0 Å². The Bertz CT molecular complexity index is 591. The summed E-state index contributed by atoms with van der Waals surface area (Å²) in [6.45, 7) is 2.22. The summed E-state index contributed by atoms with van der Waals surface area (Å²) in [5.74, 6) is -3.90. The number of hydrogen-bond donors (Lipinski definition) is 1. The zero-order valence-electron chi connectivity index (χ0n) is 10.1. The maximum atomic E-state index is 13.0. The van der Waals surface area contributed by atoms with Gasteiger partial charge in [-0.15, -0.1) is 0 Å². The first-order chi connectivity index (χ1) is 8.97. The summed E-state index contributed by atoms with van der Waals surface area (Å²) in [7, 11) is 0. The number of nitrogens with one attached hydrogen (secondary N) is 1. The van der Waals surface area contributed by atoms with E-state index in [-0.39, 0.29) is 5.69 Å². The Labute approximate surface area is 114 Å². The molecule has 0 amide bonds. The van der Waals surface area contributed by atoms with Gasteiger partial charge in [0, 0.05) is 29.4 Å². The van der Waals surface area contributed by atoms with E-state index in [1.807, 2.05) is 19.1 Å². The Morgan fingerprint density at radius 2 is 1.68 bits per heavy atom. The summed E-state index contributed by atoms with van der Waals surface area (Å²) in [5.41, 5.74) is 1.98. The average Bonchev–Trinajstić information content (AvgIpc) is 2.37. The van der Waals surface area contributed by atoms with Gasteiger partial charge in [-0.05, 0) is 24.1 Å². The fourth-order valence-electron chi connectivity index (χ4n) is 1.61. The van der Waals surface area contributed by atoms with Gasteiger partial charge in [0.2, 0.25) is 0 Å². The van der Waals surface area contributed by atoms with Gasteiger partial charge in [-0.25, -0.2) is 13.2 Å². The van der Waals surface area contributed by atoms with E-state index in [0.29, 0.717) is 11.6 Å². The number of hydrogen-bond acceptors (Lipinski definition) is 1. The molecule has 100 valence electrons. The summed E-state index contributed by atoms with van der Waals surface area (Å²) in [5, 5.41) is 3.43. The smallest absolute Gasteiger partial charge is 0.194 e. The molecule has 19 heavy (non-hydrogen) atoms. The summed E-state index contributed by atoms with van der Waals surface area (Å²) in [4.78, 5) is 0. The molecule has 0 aliphatic carbocycles. The molecular formula is C14H11ClF3N. The lowest BCUT2D eigenvalue weighted by molar-refractivity contribution is 0.447. The lowest BCUT2D eigenvalue weighted by Crippen LogP contribution is -2.02. The number of anilines is 1. The zero-order valence-corrected chi connectivity index (χ0v) is 10.9. The van der Waals surface area contributed by atoms with E-state index in [9.17, 15) is 13.2 Å². The van der Waals surface area contributed by atoms with Crippen molar-refractivity contribution in [3.8, 4) is 0 Å². The van der Waals surface area contributed by atoms with Crippen LogP contribution in [0.1, 0.15) is 11.1 Å². The topological polar surface area (TPSA) is 12.0 Å². The SMILES string of the molecule is Cc1ccc(CNc2cc(F)c(F)c(F)c2)cc1Cl. The van der Waals surface area contributed by atoms with Gasteiger partial charge in [0.1, 0.15) is 0 Å². The van der Waals surface area contributed by atoms with Crippen molar-refractivity contribution in [2.75, 3.05) is 5.32 Å². The van der Waals surface area contributed by atoms with E-state index in [1.54, 1.807) is 6.07 Å². The molecule has 0 fully saturated rings. The first kappa shape index (κ1) is 13.7. The third kappa shape index (κ3) is 3.20. The quantitative estimate of drug-likeness (QED) is 0.808. The van der Waals surface area contributed by atoms with Gasteiger partial charge in [-0.2, -0.15) is 0 Å². The Morgan fingerprint density at radius 1 is 1.05 bits per heavy atom. The van der Waals surface area contributed by atoms with Crippen LogP contribution in [0.5, 0.6) is 0 Å². The van der Waals surface area contributed by atoms with Crippen molar-refractivity contribution in [3.63, 3.8) is 0 Å². The van der Waals surface area contributed by atoms with E-state index in [1.165, 1.54) is 0 Å². The van der Waals surface area contributed by atoms with Gasteiger partial charge in [0.15, 0.2) is 17.5 Å². The molecule has 0 saturated carbocycles. The van der Waals surface area contributed by atoms with Crippen LogP contribution in [0.25, 0.3) is 0 Å². The predicted octanol–water partition coefficient (Wildman–Crippen LogP) is 4.68. The minimum absolute atomic E-state index is 0.174. The van der Waals surface area contributed by atoms with E-state index in [4.69, 9.17) is 11.6 Å². The maximum absolute atomic E-state index is 13.0. The van der Waals surface area contributed by atoms with Crippen molar-refractivity contribution in [3.05, 3.63) is 63.9 Å². The summed E-state index contributed by atoms with van der Waals surface area (Å²) in [6, 6.07) is 7.29. The lowest BCUT2D eigenvalue weighted by atomic mass is 10.1. The fraction of sp³-hybridized carbons (Fsp3) is 0.143. The van der Waals surface area contributed by atoms with Crippen molar-refractivity contribution in [1.29, 1.82) is 0 Å². The van der Waals surface area contributed by atoms with Crippen molar-refractivity contribution in [2.24, 2.45) is 0 Å². The molecule has 0 aliphatic rings. The molecule has 0 aromatic heterocycles. The maximum Gasteiger partial charge on any atom is 0.194 e. The van der Waals surface area contributed by atoms with Gasteiger partial charge in [0.05, 0.1) is 0 Å². The normalized spacial score (nSPS) is 10.6. The second-order valence-corrected chi connectivity index (χ2v) is 4.60. The van der Waals surface area contributed by atoms with Crippen LogP contribution in [0.4, 0.5) is 18.9 Å². The minimum atomic E-state index is -1.47. The highest BCUT2D eigenvalue weighted by molar-refractivity contribution is 6.31. The zero-order chi connectivity index (χ0) is 14.0. The van der Waals surface area contributed by atoms with Gasteiger partial charge in [-0.1, -0.05) is 23.7 Å². The molecule has 0 unspecified atom stereocenters. The average molecular weight is 286 g/mol. The molecule has 0 spiro atoms. The minimum Gasteiger partial charge on any atom is -0.381 e. The van der Waals surface area contributed by atoms with E-state index in [0.717, 1.165) is 23.3 Å². The molecule has 1 nitrogen and oxygen atoms in total. The molecule has 0 saturated heterocycles. The third-order valence-electron chi connectivity index (χ3n) is 2.72. The molecule has 1 N–H and O–H groups in total. The first-order valence-corrected chi connectivity index (χ1v) is 5.98. The number of halogens is 4. The summed E-state index contributed by atoms with van der Waals surface area (Å²) in [6.07, 6.45) is 0. The third-order valence-corrected chi connectivity index (χ3v) is 3.12. The highest BCUT2D eigenvalue weighted by Gasteiger charge is 2.10. The summed E-state index contributed by atoms with van der Waals surface area (Å²) >= 11 is 5.97. The monoisotopic (exact) mass is 285 g/mol. The van der Waals surface area contributed by atoms with E-state index >= 15 is 0 Å². The van der Waals surface area contributed by atoms with Crippen molar-refractivity contribution < 1.29 is 13.2 Å². The Hall–Kier alpha value is -1.68. The van der Waals surface area contributed by atoms with Crippen molar-refractivity contribution in [1.82, 2.24) is 0 Å². The van der Waals surface area contributed by atoms with Crippen molar-refractivity contribution in [2.45, 2.75) is 13.5 Å². The Morgan fingerprint density at radius 3 is 2.26 bits per heavy atom. The number of aryl methyl sites for hydroxylation is 1. The molecule has 0 atom stereocenters. The van der Waals surface area contributed by atoms with E-state index in [2.05, 4.69) is 5.32 Å². The van der Waals surface area contributed by atoms with Crippen molar-refractivity contribution >= 4 is 17.3 Å². The van der Waals surface area contributed by atoms with Gasteiger partial charge in [0.25, 0.3) is 0 Å². The van der Waals surface area contributed by atoms with E-state index < -0.39 is 17.5 Å². The Kier molecular flexibility index (Phi) is 4.00. The molecule has 2 aromatic rings. The number of benzene rings is 2. The lowest BCUT2D eigenvalue weighted by Gasteiger charge is -2.08. The molecular weight excluding hydrogens is 275 g/mol. The van der Waals surface area contributed by atoms with Gasteiger partial charge in [-0.3, -0.25) is 0 Å². The molecule has 0 heterocycles. The van der Waals surface area contributed by atoms with Gasteiger partial charge < -0.3 is 5.32 Å². The molecule has 0 radical (unpaired) electrons. The Balaban J connectivity index is 2.12. The number of rotatable bonds is 3. The standard InChI is InChI=1S/C14H11ClF3N/c1-8-2-3-9(4-11(8)15)7-19-10-5-12(16)14(18)13(17)6-10/h2-6,19H,7H2,1H3. The molecule has 2 rings (SSSR count). The van der Waals surface area contributed by atoms with Crippen LogP contribution in [0.15, 0.2) is 30.3 Å². The fourth-order valence-corrected chi connectivity index (χ4v) is 1.81. The van der Waals surface area contributed by atoms with Crippen LogP contribution >= 0.6 is 11.6 Å².